The second kappa shape index (κ2) is 6.57. The zero-order valence-electron chi connectivity index (χ0n) is 13.9. The fourth-order valence-electron chi connectivity index (χ4n) is 3.13. The van der Waals surface area contributed by atoms with Crippen LogP contribution in [0.5, 0.6) is 0 Å². The van der Waals surface area contributed by atoms with Crippen molar-refractivity contribution < 1.29 is 9.53 Å². The van der Waals surface area contributed by atoms with Crippen LogP contribution in [0.25, 0.3) is 5.70 Å². The van der Waals surface area contributed by atoms with Gasteiger partial charge >= 0.3 is 6.03 Å². The van der Waals surface area contributed by atoms with E-state index in [9.17, 15) is 4.79 Å². The van der Waals surface area contributed by atoms with Gasteiger partial charge in [0.05, 0.1) is 25.4 Å². The van der Waals surface area contributed by atoms with Gasteiger partial charge in [-0.3, -0.25) is 4.90 Å². The summed E-state index contributed by atoms with van der Waals surface area (Å²) in [6.07, 6.45) is 1.83. The van der Waals surface area contributed by atoms with Gasteiger partial charge in [-0.15, -0.1) is 0 Å². The Hall–Kier alpha value is -2.86. The van der Waals surface area contributed by atoms with Crippen LogP contribution in [0.1, 0.15) is 11.1 Å². The molecule has 0 radical (unpaired) electrons. The van der Waals surface area contributed by atoms with Crippen molar-refractivity contribution in [2.75, 3.05) is 36.5 Å². The van der Waals surface area contributed by atoms with E-state index in [1.54, 1.807) is 4.90 Å². The van der Waals surface area contributed by atoms with Crippen LogP contribution >= 0.6 is 0 Å². The third-order valence-corrected chi connectivity index (χ3v) is 4.54. The molecule has 128 valence electrons. The quantitative estimate of drug-likeness (QED) is 0.936. The van der Waals surface area contributed by atoms with Crippen molar-refractivity contribution in [1.29, 1.82) is 0 Å². The number of carbonyl (C=O) groups excluding carboxylic acids is 1. The Morgan fingerprint density at radius 3 is 2.72 bits per heavy atom. The van der Waals surface area contributed by atoms with Crippen molar-refractivity contribution in [3.8, 4) is 0 Å². The maximum Gasteiger partial charge on any atom is 0.326 e. The highest BCUT2D eigenvalue weighted by Gasteiger charge is 2.26. The van der Waals surface area contributed by atoms with Crippen LogP contribution in [-0.4, -0.2) is 42.2 Å². The summed E-state index contributed by atoms with van der Waals surface area (Å²) >= 11 is 0. The van der Waals surface area contributed by atoms with Crippen LogP contribution in [0, 0.1) is 0 Å². The average Bonchev–Trinajstić information content (AvgIpc) is 2.66. The predicted molar refractivity (Wildman–Crippen MR) is 97.3 cm³/mol. The number of benzene rings is 1. The first kappa shape index (κ1) is 15.7. The first-order valence-electron chi connectivity index (χ1n) is 8.37. The van der Waals surface area contributed by atoms with E-state index in [0.29, 0.717) is 12.2 Å². The number of amides is 2. The zero-order valence-corrected chi connectivity index (χ0v) is 13.9. The summed E-state index contributed by atoms with van der Waals surface area (Å²) in [5.74, 6) is 0.944. The first-order chi connectivity index (χ1) is 12.2. The third-order valence-electron chi connectivity index (χ3n) is 4.54. The normalized spacial score (nSPS) is 17.3. The van der Waals surface area contributed by atoms with E-state index in [-0.39, 0.29) is 6.03 Å². The number of nitrogens with one attached hydrogen (secondary N) is 1. The van der Waals surface area contributed by atoms with E-state index in [1.807, 2.05) is 42.6 Å². The molecule has 0 atom stereocenters. The summed E-state index contributed by atoms with van der Waals surface area (Å²) in [5, 5.41) is 2.91. The maximum absolute atomic E-state index is 12.4. The van der Waals surface area contributed by atoms with Gasteiger partial charge in [-0.25, -0.2) is 9.78 Å². The molecule has 2 aliphatic rings. The summed E-state index contributed by atoms with van der Waals surface area (Å²) in [7, 11) is 0. The standard InChI is InChI=1S/C19H20N4O2/c1-14-16-4-2-3-5-17(16)21-19(24)23(14)13-15-6-7-18(20-12-15)22-8-10-25-11-9-22/h2-7,12H,1,8-11,13H2,(H,21,24). The molecule has 0 spiro atoms. The zero-order chi connectivity index (χ0) is 17.2. The lowest BCUT2D eigenvalue weighted by atomic mass is 10.1. The Bertz CT molecular complexity index is 797. The lowest BCUT2D eigenvalue weighted by Crippen LogP contribution is -2.37. The van der Waals surface area contributed by atoms with Crippen LogP contribution in [0.2, 0.25) is 0 Å². The molecule has 1 aromatic heterocycles. The number of para-hydroxylation sites is 1. The second-order valence-electron chi connectivity index (χ2n) is 6.13. The number of hydrogen-bond donors (Lipinski definition) is 1. The van der Waals surface area contributed by atoms with Gasteiger partial charge in [0.15, 0.2) is 0 Å². The van der Waals surface area contributed by atoms with Gasteiger partial charge in [0.25, 0.3) is 0 Å². The van der Waals surface area contributed by atoms with Gasteiger partial charge in [0, 0.05) is 30.5 Å². The first-order valence-corrected chi connectivity index (χ1v) is 8.37. The highest BCUT2D eigenvalue weighted by molar-refractivity contribution is 6.02. The van der Waals surface area contributed by atoms with Gasteiger partial charge in [0.1, 0.15) is 5.82 Å². The smallest absolute Gasteiger partial charge is 0.326 e. The Labute approximate surface area is 146 Å². The minimum atomic E-state index is -0.166. The number of nitrogens with zero attached hydrogens (tertiary/aromatic N) is 3. The molecule has 1 saturated heterocycles. The van der Waals surface area contributed by atoms with Crippen molar-refractivity contribution in [3.05, 3.63) is 60.3 Å². The van der Waals surface area contributed by atoms with Crippen LogP contribution < -0.4 is 10.2 Å². The number of carbonyl (C=O) groups is 1. The highest BCUT2D eigenvalue weighted by Crippen LogP contribution is 2.31. The number of rotatable bonds is 3. The van der Waals surface area contributed by atoms with Gasteiger partial charge in [-0.1, -0.05) is 30.8 Å². The second-order valence-corrected chi connectivity index (χ2v) is 6.13. The van der Waals surface area contributed by atoms with E-state index >= 15 is 0 Å². The molecule has 1 fully saturated rings. The predicted octanol–water partition coefficient (Wildman–Crippen LogP) is 2.94. The van der Waals surface area contributed by atoms with E-state index in [1.165, 1.54) is 0 Å². The van der Waals surface area contributed by atoms with Gasteiger partial charge in [-0.2, -0.15) is 0 Å². The van der Waals surface area contributed by atoms with Crippen LogP contribution in [0.15, 0.2) is 49.2 Å². The summed E-state index contributed by atoms with van der Waals surface area (Å²) in [5.41, 5.74) is 3.42. The number of urea groups is 1. The molecule has 25 heavy (non-hydrogen) atoms. The number of morpholine rings is 1. The highest BCUT2D eigenvalue weighted by atomic mass is 16.5. The molecule has 0 unspecified atom stereocenters. The number of anilines is 2. The van der Waals surface area contributed by atoms with Crippen molar-refractivity contribution in [2.24, 2.45) is 0 Å². The summed E-state index contributed by atoms with van der Waals surface area (Å²) < 4.78 is 5.37. The molecule has 2 amide bonds. The molecule has 0 bridgehead atoms. The number of hydrogen-bond acceptors (Lipinski definition) is 4. The topological polar surface area (TPSA) is 57.7 Å². The lowest BCUT2D eigenvalue weighted by Gasteiger charge is -2.31. The van der Waals surface area contributed by atoms with Gasteiger partial charge in [-0.05, 0) is 17.7 Å². The number of pyridine rings is 1. The fourth-order valence-corrected chi connectivity index (χ4v) is 3.13. The number of aromatic nitrogens is 1. The minimum Gasteiger partial charge on any atom is -0.378 e. The maximum atomic E-state index is 12.4. The molecule has 0 aliphatic carbocycles. The number of ether oxygens (including phenoxy) is 1. The molecule has 1 N–H and O–H groups in total. The summed E-state index contributed by atoms with van der Waals surface area (Å²) in [6.45, 7) is 7.71. The monoisotopic (exact) mass is 336 g/mol. The summed E-state index contributed by atoms with van der Waals surface area (Å²) in [4.78, 5) is 20.8. The van der Waals surface area contributed by atoms with Crippen LogP contribution in [0.3, 0.4) is 0 Å². The van der Waals surface area contributed by atoms with E-state index in [4.69, 9.17) is 4.74 Å². The van der Waals surface area contributed by atoms with Crippen LogP contribution in [-0.2, 0) is 11.3 Å². The molecular formula is C19H20N4O2. The largest absolute Gasteiger partial charge is 0.378 e. The van der Waals surface area contributed by atoms with Gasteiger partial charge < -0.3 is 15.0 Å². The fraction of sp³-hybridized carbons (Fsp3) is 0.263. The van der Waals surface area contributed by atoms with E-state index in [0.717, 1.165) is 48.9 Å². The average molecular weight is 336 g/mol. The van der Waals surface area contributed by atoms with Gasteiger partial charge in [0.2, 0.25) is 0 Å². The third kappa shape index (κ3) is 3.08. The number of fused-ring (bicyclic) bond motifs is 1. The minimum absolute atomic E-state index is 0.166. The van der Waals surface area contributed by atoms with E-state index in [2.05, 4.69) is 21.8 Å². The molecule has 3 heterocycles. The molecule has 0 saturated carbocycles. The molecule has 4 rings (SSSR count). The SMILES string of the molecule is C=C1c2ccccc2NC(=O)N1Cc1ccc(N2CCOCC2)nc1. The molecule has 6 heteroatoms. The molecule has 1 aromatic carbocycles. The van der Waals surface area contributed by atoms with Crippen molar-refractivity contribution >= 4 is 23.2 Å². The Kier molecular flexibility index (Phi) is 4.11. The van der Waals surface area contributed by atoms with Crippen molar-refractivity contribution in [2.45, 2.75) is 6.54 Å². The van der Waals surface area contributed by atoms with Crippen LogP contribution in [0.4, 0.5) is 16.3 Å². The van der Waals surface area contributed by atoms with Crippen molar-refractivity contribution in [1.82, 2.24) is 9.88 Å². The van der Waals surface area contributed by atoms with Crippen molar-refractivity contribution in [3.63, 3.8) is 0 Å². The molecule has 2 aliphatic heterocycles. The Morgan fingerprint density at radius 1 is 1.16 bits per heavy atom. The summed E-state index contributed by atoms with van der Waals surface area (Å²) in [6, 6.07) is 11.5. The Morgan fingerprint density at radius 2 is 1.96 bits per heavy atom. The van der Waals surface area contributed by atoms with E-state index < -0.39 is 0 Å². The lowest BCUT2D eigenvalue weighted by molar-refractivity contribution is 0.122. The molecule has 2 aromatic rings. The Balaban J connectivity index is 1.50. The molecule has 6 nitrogen and oxygen atoms in total. The molecular weight excluding hydrogens is 316 g/mol.